The first-order valence-corrected chi connectivity index (χ1v) is 22.6. The Bertz CT molecular complexity index is 3830. The Hall–Kier alpha value is -7.67. The minimum Gasteiger partial charge on any atom is -0.509 e. The van der Waals surface area contributed by atoms with E-state index in [4.69, 9.17) is 19.3 Å². The van der Waals surface area contributed by atoms with Crippen molar-refractivity contribution in [2.45, 2.75) is 26.2 Å². The van der Waals surface area contributed by atoms with E-state index in [9.17, 15) is 0 Å². The van der Waals surface area contributed by atoms with Crippen LogP contribution in [-0.4, -0.2) is 28.7 Å². The largest absolute Gasteiger partial charge is 0.509 e. The molecule has 0 aliphatic carbocycles. The average Bonchev–Trinajstić information content (AvgIpc) is 4.30. The van der Waals surface area contributed by atoms with Crippen molar-refractivity contribution in [3.05, 3.63) is 236 Å². The molecule has 2 radical (unpaired) electrons. The minimum atomic E-state index is -2.72. The van der Waals surface area contributed by atoms with E-state index >= 15 is 0 Å². The normalized spacial score (nSPS) is 20.5. The Labute approximate surface area is 435 Å². The van der Waals surface area contributed by atoms with Crippen LogP contribution in [0, 0.1) is 18.8 Å². The number of ether oxygens (including phenoxy) is 1. The molecule has 0 atom stereocenters. The summed E-state index contributed by atoms with van der Waals surface area (Å²) < 4.78 is 70.9. The van der Waals surface area contributed by atoms with Crippen molar-refractivity contribution in [3.63, 3.8) is 0 Å². The fourth-order valence-electron chi connectivity index (χ4n) is 8.73. The zero-order valence-corrected chi connectivity index (χ0v) is 40.7. The summed E-state index contributed by atoms with van der Waals surface area (Å²) in [4.78, 5) is 9.14. The second kappa shape index (κ2) is 19.7. The zero-order valence-electron chi connectivity index (χ0n) is 45.4. The van der Waals surface area contributed by atoms with Crippen molar-refractivity contribution in [1.82, 2.24) is 24.8 Å². The maximum atomic E-state index is 9.16. The molecule has 344 valence electrons. The van der Waals surface area contributed by atoms with E-state index in [1.165, 1.54) is 4.57 Å². The van der Waals surface area contributed by atoms with Gasteiger partial charge in [0.25, 0.3) is 0 Å². The smallest absolute Gasteiger partial charge is 0.213 e. The molecule has 0 bridgehead atoms. The van der Waals surface area contributed by atoms with E-state index in [-0.39, 0.29) is 66.7 Å². The molecule has 0 unspecified atom stereocenters. The summed E-state index contributed by atoms with van der Waals surface area (Å²) in [6, 6.07) is 34.4. The average molecular weight is 1090 g/mol. The van der Waals surface area contributed by atoms with Gasteiger partial charge in [0.05, 0.1) is 16.5 Å². The summed E-state index contributed by atoms with van der Waals surface area (Å²) in [5.41, 5.74) is 9.07. The molecule has 8 aromatic rings. The first-order valence-electron chi connectivity index (χ1n) is 26.1. The molecule has 0 saturated carbocycles. The quantitative estimate of drug-likeness (QED) is 0.122. The zero-order chi connectivity index (χ0) is 52.9. The number of benzene rings is 6. The van der Waals surface area contributed by atoms with Crippen molar-refractivity contribution >= 4 is 81.1 Å². The van der Waals surface area contributed by atoms with Crippen LogP contribution in [0.5, 0.6) is 11.5 Å². The molecule has 8 nitrogen and oxygen atoms in total. The molecule has 3 aliphatic heterocycles. The summed E-state index contributed by atoms with van der Waals surface area (Å²) in [7, 11) is 4.22. The predicted octanol–water partition coefficient (Wildman–Crippen LogP) is 13.1. The maximum Gasteiger partial charge on any atom is 0.213 e. The molecule has 0 saturated heterocycles. The third kappa shape index (κ3) is 8.92. The molecule has 2 N–H and O–H groups in total. The van der Waals surface area contributed by atoms with Crippen molar-refractivity contribution in [2.24, 2.45) is 6.98 Å². The Balaban J connectivity index is 0.00000672. The van der Waals surface area contributed by atoms with Gasteiger partial charge in [-0.05, 0) is 76.5 Å². The summed E-state index contributed by atoms with van der Waals surface area (Å²) in [5.74, 6) is 4.60. The van der Waals surface area contributed by atoms with Crippen LogP contribution < -0.4 is 25.2 Å². The molecule has 11 rings (SSSR count). The molecule has 6 aromatic carbocycles. The van der Waals surface area contributed by atoms with E-state index in [0.29, 0.717) is 27.9 Å². The van der Waals surface area contributed by atoms with Gasteiger partial charge in [-0.15, -0.1) is 65.6 Å². The van der Waals surface area contributed by atoms with Crippen molar-refractivity contribution < 1.29 is 35.4 Å². The van der Waals surface area contributed by atoms with Gasteiger partial charge in [-0.1, -0.05) is 122 Å². The Morgan fingerprint density at radius 1 is 0.686 bits per heavy atom. The predicted molar refractivity (Wildman–Crippen MR) is 288 cm³/mol. The second-order valence-electron chi connectivity index (χ2n) is 17.5. The summed E-state index contributed by atoms with van der Waals surface area (Å²) in [6.45, 7) is 5.76. The molecule has 11 heteroatoms. The van der Waals surface area contributed by atoms with E-state index < -0.39 is 19.1 Å². The van der Waals surface area contributed by atoms with Crippen molar-refractivity contribution in [3.8, 4) is 17.4 Å². The van der Waals surface area contributed by atoms with Crippen LogP contribution in [-0.2, 0) is 33.5 Å². The van der Waals surface area contributed by atoms with Gasteiger partial charge in [0.2, 0.25) is 5.95 Å². The van der Waals surface area contributed by atoms with Crippen LogP contribution >= 0.6 is 0 Å². The molecule has 3 aliphatic rings. The number of nitrogens with one attached hydrogen (secondary N) is 2. The van der Waals surface area contributed by atoms with Gasteiger partial charge in [-0.25, -0.2) is 4.98 Å². The standard InChI is InChI=1S/C59H48B2N7O.Pt/c1-59(2,3)41-36-42(38-44(37-41)69-43-28-29-46-45-18-5-7-24-52(45)68(56(46)39-43)58-64-51-23-6-8-25-53(51)65(58)4)66-40-67(55-27-10-9-26-54(55)66)57-47(49-21-16-34-62-32-13-11-30-60-49)19-15-20-48(57)50-22-17-35-63-33-14-12-31-61-50;/h5-37,40,62-63H,1-4H3;/q-3;/b30-11-,31-12-,32-13-,33-14-,34-16-,35-17-,49-21-,50-22-;/i4D3,5D,7D,18D,24D;. The number of hydrogen-bond donors (Lipinski definition) is 2. The molecular weight excluding hydrogens is 1040 g/mol. The van der Waals surface area contributed by atoms with Crippen LogP contribution in [0.1, 0.15) is 47.1 Å². The van der Waals surface area contributed by atoms with Gasteiger partial charge < -0.3 is 34.3 Å². The minimum absolute atomic E-state index is 0. The fourth-order valence-corrected chi connectivity index (χ4v) is 8.73. The topological polar surface area (TPSA) is 62.5 Å². The Morgan fingerprint density at radius 2 is 1.36 bits per heavy atom. The molecular formula is C59H48B2N7OPt-3. The van der Waals surface area contributed by atoms with Crippen LogP contribution in [0.3, 0.4) is 0 Å². The van der Waals surface area contributed by atoms with E-state index in [1.54, 1.807) is 36.4 Å². The number of fused-ring (bicyclic) bond motifs is 5. The van der Waals surface area contributed by atoms with Gasteiger partial charge in [-0.3, -0.25) is 0 Å². The van der Waals surface area contributed by atoms with Crippen molar-refractivity contribution in [2.75, 3.05) is 9.80 Å². The first-order chi connectivity index (χ1) is 36.7. The number of aryl methyl sites for hydroxylation is 1. The molecule has 0 amide bonds. The number of nitrogens with zero attached hydrogens (tertiary/aromatic N) is 5. The first kappa shape index (κ1) is 38.2. The van der Waals surface area contributed by atoms with Gasteiger partial charge in [-0.2, -0.15) is 6.07 Å². The van der Waals surface area contributed by atoms with Gasteiger partial charge in [0, 0.05) is 91.0 Å². The number of imidazole rings is 1. The summed E-state index contributed by atoms with van der Waals surface area (Å²) in [5, 5.41) is 7.00. The molecule has 2 aromatic heterocycles. The van der Waals surface area contributed by atoms with Crippen molar-refractivity contribution in [1.29, 1.82) is 0 Å². The number of rotatable bonds is 7. The molecule has 0 fully saturated rings. The van der Waals surface area contributed by atoms with Gasteiger partial charge in [0.1, 0.15) is 0 Å². The SMILES string of the molecule is [2H]c1c([2H])c([2H])c2c(c1[2H])c1ccc(Oc3[c-]c(N4[CH-]N(c5c(/C6=C/C=C\N/C=C\C=C/[B]6)cccc5/C5=C/C=C\N/C=C\C=C/[B]5)c5ccccc54)cc(C(C)(C)C)c3)[c-]c1n2-c1nc2ccccc2n1C([2H])([2H])[2H].[Pt]. The van der Waals surface area contributed by atoms with Crippen LogP contribution in [0.2, 0.25) is 0 Å². The molecule has 5 heterocycles. The summed E-state index contributed by atoms with van der Waals surface area (Å²) in [6.07, 6.45) is 23.6. The van der Waals surface area contributed by atoms with Crippen LogP contribution in [0.25, 0.3) is 49.7 Å². The number of allylic oxidation sites excluding steroid dienone is 8. The summed E-state index contributed by atoms with van der Waals surface area (Å²) >= 11 is 0. The third-order valence-electron chi connectivity index (χ3n) is 12.0. The number of aromatic nitrogens is 3. The Kier molecular flexibility index (Phi) is 10.8. The van der Waals surface area contributed by atoms with Gasteiger partial charge >= 0.3 is 0 Å². The van der Waals surface area contributed by atoms with Crippen LogP contribution in [0.4, 0.5) is 22.7 Å². The molecule has 70 heavy (non-hydrogen) atoms. The molecule has 0 spiro atoms. The second-order valence-corrected chi connectivity index (χ2v) is 17.5. The fraction of sp³-hybridized carbons (Fsp3) is 0.0847. The maximum absolute atomic E-state index is 9.16. The van der Waals surface area contributed by atoms with E-state index in [2.05, 4.69) is 123 Å². The monoisotopic (exact) mass is 1090 g/mol. The van der Waals surface area contributed by atoms with E-state index in [0.717, 1.165) is 49.3 Å². The van der Waals surface area contributed by atoms with Gasteiger partial charge in [0.15, 0.2) is 14.6 Å². The third-order valence-corrected chi connectivity index (χ3v) is 12.0. The van der Waals surface area contributed by atoms with Crippen LogP contribution in [0.15, 0.2) is 201 Å². The number of para-hydroxylation sites is 6. The number of anilines is 4. The number of hydrogen-bond acceptors (Lipinski definition) is 6. The van der Waals surface area contributed by atoms with E-state index in [1.807, 2.05) is 91.4 Å². The Morgan fingerprint density at radius 3 is 2.07 bits per heavy atom.